The number of benzene rings is 2. The van der Waals surface area contributed by atoms with E-state index in [0.29, 0.717) is 13.2 Å². The van der Waals surface area contributed by atoms with Crippen LogP contribution in [0.3, 0.4) is 0 Å². The smallest absolute Gasteiger partial charge is 0.163 e. The van der Waals surface area contributed by atoms with Gasteiger partial charge in [-0.15, -0.1) is 0 Å². The topological polar surface area (TPSA) is 39.7 Å². The predicted molar refractivity (Wildman–Crippen MR) is 94.7 cm³/mol. The average Bonchev–Trinajstić information content (AvgIpc) is 2.59. The summed E-state index contributed by atoms with van der Waals surface area (Å²) in [7, 11) is 0. The van der Waals surface area contributed by atoms with Gasteiger partial charge in [0.2, 0.25) is 0 Å². The van der Waals surface area contributed by atoms with Gasteiger partial charge in [0.1, 0.15) is 19.0 Å². The van der Waals surface area contributed by atoms with Crippen LogP contribution in [0.4, 0.5) is 5.69 Å². The van der Waals surface area contributed by atoms with Gasteiger partial charge in [-0.1, -0.05) is 13.0 Å². The first-order valence-corrected chi connectivity index (χ1v) is 8.60. The minimum absolute atomic E-state index is 0.600. The minimum Gasteiger partial charge on any atom is -0.492 e. The minimum atomic E-state index is 0.600. The van der Waals surface area contributed by atoms with Crippen LogP contribution in [0, 0.1) is 0 Å². The van der Waals surface area contributed by atoms with Crippen molar-refractivity contribution in [2.45, 2.75) is 19.9 Å². The van der Waals surface area contributed by atoms with E-state index in [-0.39, 0.29) is 0 Å². The molecule has 2 aromatic rings. The van der Waals surface area contributed by atoms with Crippen LogP contribution in [0.1, 0.15) is 18.9 Å². The van der Waals surface area contributed by atoms with Crippen molar-refractivity contribution in [2.24, 2.45) is 0 Å². The van der Waals surface area contributed by atoms with Crippen LogP contribution in [-0.2, 0) is 6.54 Å². The Morgan fingerprint density at radius 3 is 2.70 bits per heavy atom. The Morgan fingerprint density at radius 2 is 1.91 bits per heavy atom. The Balaban J connectivity index is 1.63. The number of nitrogens with one attached hydrogen (secondary N) is 1. The molecule has 0 aromatic heterocycles. The Labute approximate surface area is 144 Å². The lowest BCUT2D eigenvalue weighted by atomic mass is 10.2. The number of ether oxygens (including phenoxy) is 3. The summed E-state index contributed by atoms with van der Waals surface area (Å²) in [5, 5.41) is 3.40. The quantitative estimate of drug-likeness (QED) is 0.796. The molecule has 1 N–H and O–H groups in total. The van der Waals surface area contributed by atoms with E-state index in [1.165, 1.54) is 5.56 Å². The zero-order valence-corrected chi connectivity index (χ0v) is 14.7. The summed E-state index contributed by atoms with van der Waals surface area (Å²) >= 11 is 3.56. The fraction of sp³-hybridized carbons (Fsp3) is 0.333. The molecule has 1 aliphatic heterocycles. The number of fused-ring (bicyclic) bond motifs is 1. The van der Waals surface area contributed by atoms with Crippen molar-refractivity contribution >= 4 is 21.6 Å². The Hall–Kier alpha value is -1.88. The molecular formula is C18H20BrNO3. The third-order valence-corrected chi connectivity index (χ3v) is 4.12. The van der Waals surface area contributed by atoms with Gasteiger partial charge in [-0.3, -0.25) is 0 Å². The van der Waals surface area contributed by atoms with Crippen LogP contribution in [0.25, 0.3) is 0 Å². The highest BCUT2D eigenvalue weighted by atomic mass is 79.9. The predicted octanol–water partition coefficient (Wildman–Crippen LogP) is 4.62. The fourth-order valence-corrected chi connectivity index (χ4v) is 2.88. The molecule has 0 radical (unpaired) electrons. The fourth-order valence-electron chi connectivity index (χ4n) is 2.34. The summed E-state index contributed by atoms with van der Waals surface area (Å²) in [6, 6.07) is 12.1. The van der Waals surface area contributed by atoms with E-state index in [4.69, 9.17) is 14.2 Å². The van der Waals surface area contributed by atoms with E-state index >= 15 is 0 Å². The third kappa shape index (κ3) is 4.10. The number of halogens is 1. The molecule has 0 aliphatic carbocycles. The summed E-state index contributed by atoms with van der Waals surface area (Å²) in [4.78, 5) is 0. The van der Waals surface area contributed by atoms with Crippen LogP contribution in [0.5, 0.6) is 17.2 Å². The van der Waals surface area contributed by atoms with Crippen LogP contribution in [0.15, 0.2) is 40.9 Å². The largest absolute Gasteiger partial charge is 0.492 e. The zero-order chi connectivity index (χ0) is 16.1. The van der Waals surface area contributed by atoms with Crippen LogP contribution in [0.2, 0.25) is 0 Å². The van der Waals surface area contributed by atoms with Gasteiger partial charge in [-0.25, -0.2) is 0 Å². The van der Waals surface area contributed by atoms with Crippen LogP contribution in [-0.4, -0.2) is 19.8 Å². The third-order valence-electron chi connectivity index (χ3n) is 3.50. The second-order valence-electron chi connectivity index (χ2n) is 5.33. The van der Waals surface area contributed by atoms with E-state index in [2.05, 4.69) is 40.3 Å². The molecule has 0 saturated heterocycles. The highest BCUT2D eigenvalue weighted by Gasteiger charge is 2.11. The van der Waals surface area contributed by atoms with Gasteiger partial charge >= 0.3 is 0 Å². The first-order chi connectivity index (χ1) is 11.3. The normalized spacial score (nSPS) is 12.8. The molecule has 1 heterocycles. The van der Waals surface area contributed by atoms with Crippen molar-refractivity contribution in [3.63, 3.8) is 0 Å². The number of rotatable bonds is 6. The van der Waals surface area contributed by atoms with E-state index in [1.54, 1.807) is 0 Å². The zero-order valence-electron chi connectivity index (χ0n) is 13.1. The van der Waals surface area contributed by atoms with Crippen molar-refractivity contribution in [2.75, 3.05) is 25.1 Å². The SMILES string of the molecule is CCCOc1ccc(CNc2ccc3c(c2)OCCO3)cc1Br. The van der Waals surface area contributed by atoms with Crippen LogP contribution >= 0.6 is 15.9 Å². The molecule has 23 heavy (non-hydrogen) atoms. The average molecular weight is 378 g/mol. The molecule has 2 aromatic carbocycles. The van der Waals surface area contributed by atoms with Crippen molar-refractivity contribution < 1.29 is 14.2 Å². The van der Waals surface area contributed by atoms with Crippen molar-refractivity contribution in [3.8, 4) is 17.2 Å². The van der Waals surface area contributed by atoms with Gasteiger partial charge in [-0.2, -0.15) is 0 Å². The maximum Gasteiger partial charge on any atom is 0.163 e. The maximum atomic E-state index is 5.67. The lowest BCUT2D eigenvalue weighted by Crippen LogP contribution is -2.15. The molecule has 0 spiro atoms. The van der Waals surface area contributed by atoms with Gasteiger partial charge < -0.3 is 19.5 Å². The highest BCUT2D eigenvalue weighted by molar-refractivity contribution is 9.10. The van der Waals surface area contributed by atoms with E-state index in [0.717, 1.165) is 47.0 Å². The van der Waals surface area contributed by atoms with Crippen molar-refractivity contribution in [1.82, 2.24) is 0 Å². The Bertz CT molecular complexity index is 675. The molecule has 0 saturated carbocycles. The van der Waals surface area contributed by atoms with Gasteiger partial charge in [0, 0.05) is 18.3 Å². The summed E-state index contributed by atoms with van der Waals surface area (Å²) in [6.45, 7) is 4.77. The van der Waals surface area contributed by atoms with Gasteiger partial charge in [0.25, 0.3) is 0 Å². The lowest BCUT2D eigenvalue weighted by Gasteiger charge is -2.19. The molecule has 0 bridgehead atoms. The molecule has 0 amide bonds. The van der Waals surface area contributed by atoms with Crippen molar-refractivity contribution in [1.29, 1.82) is 0 Å². The Kier molecular flexibility index (Phi) is 5.28. The number of hydrogen-bond donors (Lipinski definition) is 1. The van der Waals surface area contributed by atoms with E-state index in [1.807, 2.05) is 24.3 Å². The molecule has 5 heteroatoms. The van der Waals surface area contributed by atoms with E-state index in [9.17, 15) is 0 Å². The first-order valence-electron chi connectivity index (χ1n) is 7.81. The molecule has 0 unspecified atom stereocenters. The summed E-state index contributed by atoms with van der Waals surface area (Å²) < 4.78 is 17.8. The van der Waals surface area contributed by atoms with Crippen LogP contribution < -0.4 is 19.5 Å². The highest BCUT2D eigenvalue weighted by Crippen LogP contribution is 2.33. The second kappa shape index (κ2) is 7.59. The van der Waals surface area contributed by atoms with Crippen molar-refractivity contribution in [3.05, 3.63) is 46.4 Å². The second-order valence-corrected chi connectivity index (χ2v) is 6.18. The standard InChI is InChI=1S/C18H20BrNO3/c1-2-7-21-16-5-3-13(10-15(16)19)12-20-14-4-6-17-18(11-14)23-9-8-22-17/h3-6,10-11,20H,2,7-9,12H2,1H3. The van der Waals surface area contributed by atoms with Gasteiger partial charge in [0.15, 0.2) is 11.5 Å². The van der Waals surface area contributed by atoms with Gasteiger partial charge in [-0.05, 0) is 52.2 Å². The monoisotopic (exact) mass is 377 g/mol. The maximum absolute atomic E-state index is 5.67. The molecule has 4 nitrogen and oxygen atoms in total. The number of hydrogen-bond acceptors (Lipinski definition) is 4. The Morgan fingerprint density at radius 1 is 1.09 bits per heavy atom. The molecular weight excluding hydrogens is 358 g/mol. The molecule has 0 fully saturated rings. The molecule has 3 rings (SSSR count). The van der Waals surface area contributed by atoms with Gasteiger partial charge in [0.05, 0.1) is 11.1 Å². The molecule has 0 atom stereocenters. The lowest BCUT2D eigenvalue weighted by molar-refractivity contribution is 0.171. The summed E-state index contributed by atoms with van der Waals surface area (Å²) in [5.74, 6) is 2.49. The number of anilines is 1. The van der Waals surface area contributed by atoms with E-state index < -0.39 is 0 Å². The molecule has 122 valence electrons. The summed E-state index contributed by atoms with van der Waals surface area (Å²) in [6.07, 6.45) is 1.000. The molecule has 1 aliphatic rings. The summed E-state index contributed by atoms with van der Waals surface area (Å²) in [5.41, 5.74) is 2.19. The first kappa shape index (κ1) is 16.0.